The molecular formula is C18H25N3O3. The largest absolute Gasteiger partial charge is 0.361 e. The highest BCUT2D eigenvalue weighted by Crippen LogP contribution is 2.29. The van der Waals surface area contributed by atoms with Crippen LogP contribution in [0, 0.1) is 13.8 Å². The third-order valence-corrected chi connectivity index (χ3v) is 4.98. The average Bonchev–Trinajstić information content (AvgIpc) is 2.94. The van der Waals surface area contributed by atoms with E-state index in [1.54, 1.807) is 16.8 Å². The van der Waals surface area contributed by atoms with Gasteiger partial charge in [0.1, 0.15) is 12.2 Å². The minimum absolute atomic E-state index is 0.00151. The first kappa shape index (κ1) is 16.8. The van der Waals surface area contributed by atoms with E-state index in [1.165, 1.54) is 11.1 Å². The maximum absolute atomic E-state index is 12.4. The maximum atomic E-state index is 12.4. The van der Waals surface area contributed by atoms with Gasteiger partial charge in [0.15, 0.2) is 0 Å². The Morgan fingerprint density at radius 1 is 1.33 bits per heavy atom. The summed E-state index contributed by atoms with van der Waals surface area (Å²) in [4.78, 5) is 27.5. The molecule has 1 atom stereocenters. The number of urea groups is 1. The molecule has 0 radical (unpaired) electrons. The predicted octanol–water partition coefficient (Wildman–Crippen LogP) is 1.45. The van der Waals surface area contributed by atoms with Crippen LogP contribution in [0.4, 0.5) is 4.79 Å². The minimum Gasteiger partial charge on any atom is -0.361 e. The number of benzene rings is 1. The van der Waals surface area contributed by atoms with E-state index >= 15 is 0 Å². The standard InChI is InChI=1S/C18H25N3O3/c1-13-4-5-15(14(2)8-13)9-19-17(23)21-7-6-18(12-21)11-20(3)16(22)10-24-18/h4-5,8H,6-7,9-12H2,1-3H3,(H,19,23)/t18-/m0/s1. The number of likely N-dealkylation sites (tertiary alicyclic amines) is 1. The van der Waals surface area contributed by atoms with Crippen molar-refractivity contribution in [2.45, 2.75) is 32.4 Å². The number of morpholine rings is 1. The lowest BCUT2D eigenvalue weighted by Crippen LogP contribution is -2.55. The molecule has 1 spiro atoms. The number of hydrogen-bond donors (Lipinski definition) is 1. The molecule has 2 aliphatic heterocycles. The summed E-state index contributed by atoms with van der Waals surface area (Å²) in [6.45, 7) is 6.48. The summed E-state index contributed by atoms with van der Waals surface area (Å²) in [7, 11) is 1.79. The number of ether oxygens (including phenoxy) is 1. The quantitative estimate of drug-likeness (QED) is 0.892. The fourth-order valence-electron chi connectivity index (χ4n) is 3.48. The van der Waals surface area contributed by atoms with Crippen LogP contribution < -0.4 is 5.32 Å². The lowest BCUT2D eigenvalue weighted by molar-refractivity contribution is -0.158. The molecule has 0 aliphatic carbocycles. The van der Waals surface area contributed by atoms with Gasteiger partial charge in [-0.1, -0.05) is 23.8 Å². The van der Waals surface area contributed by atoms with E-state index in [2.05, 4.69) is 37.4 Å². The van der Waals surface area contributed by atoms with Crippen LogP contribution in [0.15, 0.2) is 18.2 Å². The Balaban J connectivity index is 1.56. The summed E-state index contributed by atoms with van der Waals surface area (Å²) in [6, 6.07) is 6.16. The first-order valence-corrected chi connectivity index (χ1v) is 8.35. The number of aryl methyl sites for hydroxylation is 2. The van der Waals surface area contributed by atoms with Crippen molar-refractivity contribution in [1.29, 1.82) is 0 Å². The van der Waals surface area contributed by atoms with Gasteiger partial charge >= 0.3 is 6.03 Å². The fraction of sp³-hybridized carbons (Fsp3) is 0.556. The number of hydrogen-bond acceptors (Lipinski definition) is 3. The number of nitrogens with zero attached hydrogens (tertiary/aromatic N) is 2. The maximum Gasteiger partial charge on any atom is 0.317 e. The second kappa shape index (κ2) is 6.43. The van der Waals surface area contributed by atoms with Gasteiger partial charge in [0.2, 0.25) is 5.91 Å². The summed E-state index contributed by atoms with van der Waals surface area (Å²) in [5, 5.41) is 2.99. The zero-order valence-corrected chi connectivity index (χ0v) is 14.6. The van der Waals surface area contributed by atoms with Crippen molar-refractivity contribution in [2.24, 2.45) is 0 Å². The number of likely N-dealkylation sites (N-methyl/N-ethyl adjacent to an activating group) is 1. The van der Waals surface area contributed by atoms with Crippen LogP contribution in [0.25, 0.3) is 0 Å². The second-order valence-electron chi connectivity index (χ2n) is 6.98. The number of nitrogens with one attached hydrogen (secondary N) is 1. The van der Waals surface area contributed by atoms with Gasteiger partial charge in [0.25, 0.3) is 0 Å². The molecule has 130 valence electrons. The summed E-state index contributed by atoms with van der Waals surface area (Å²) >= 11 is 0. The summed E-state index contributed by atoms with van der Waals surface area (Å²) < 4.78 is 5.77. The van der Waals surface area contributed by atoms with Crippen molar-refractivity contribution in [3.8, 4) is 0 Å². The molecule has 1 N–H and O–H groups in total. The first-order valence-electron chi connectivity index (χ1n) is 8.35. The Hall–Kier alpha value is -2.08. The molecule has 2 saturated heterocycles. The number of carbonyl (C=O) groups excluding carboxylic acids is 2. The van der Waals surface area contributed by atoms with Gasteiger partial charge in [-0.3, -0.25) is 4.79 Å². The predicted molar refractivity (Wildman–Crippen MR) is 90.7 cm³/mol. The molecule has 0 unspecified atom stereocenters. The van der Waals surface area contributed by atoms with Gasteiger partial charge < -0.3 is 19.9 Å². The highest BCUT2D eigenvalue weighted by atomic mass is 16.5. The number of amides is 3. The summed E-state index contributed by atoms with van der Waals surface area (Å²) in [5.74, 6) is -0.00151. The van der Waals surface area contributed by atoms with E-state index in [9.17, 15) is 9.59 Å². The zero-order valence-electron chi connectivity index (χ0n) is 14.6. The molecule has 24 heavy (non-hydrogen) atoms. The molecule has 2 fully saturated rings. The van der Waals surface area contributed by atoms with Gasteiger partial charge in [-0.15, -0.1) is 0 Å². The summed E-state index contributed by atoms with van der Waals surface area (Å²) in [6.07, 6.45) is 0.765. The van der Waals surface area contributed by atoms with Crippen LogP contribution >= 0.6 is 0 Å². The SMILES string of the molecule is Cc1ccc(CNC(=O)N2CC[C@]3(CN(C)C(=O)CO3)C2)c(C)c1. The molecular weight excluding hydrogens is 306 g/mol. The molecule has 6 nitrogen and oxygen atoms in total. The van der Waals surface area contributed by atoms with Gasteiger partial charge in [-0.25, -0.2) is 4.79 Å². The summed E-state index contributed by atoms with van der Waals surface area (Å²) in [5.41, 5.74) is 3.13. The third kappa shape index (κ3) is 3.38. The smallest absolute Gasteiger partial charge is 0.317 e. The monoisotopic (exact) mass is 331 g/mol. The van der Waals surface area contributed by atoms with E-state index in [1.807, 2.05) is 0 Å². The van der Waals surface area contributed by atoms with Crippen molar-refractivity contribution >= 4 is 11.9 Å². The molecule has 0 aromatic heterocycles. The average molecular weight is 331 g/mol. The van der Waals surface area contributed by atoms with Crippen LogP contribution in [0.5, 0.6) is 0 Å². The van der Waals surface area contributed by atoms with E-state index in [4.69, 9.17) is 4.74 Å². The van der Waals surface area contributed by atoms with Gasteiger partial charge in [-0.2, -0.15) is 0 Å². The van der Waals surface area contributed by atoms with E-state index < -0.39 is 5.60 Å². The van der Waals surface area contributed by atoms with Crippen LogP contribution in [0.3, 0.4) is 0 Å². The van der Waals surface area contributed by atoms with E-state index in [-0.39, 0.29) is 18.5 Å². The van der Waals surface area contributed by atoms with E-state index in [0.717, 1.165) is 12.0 Å². The van der Waals surface area contributed by atoms with Gasteiger partial charge in [-0.05, 0) is 31.4 Å². The first-order chi connectivity index (χ1) is 11.4. The highest BCUT2D eigenvalue weighted by Gasteiger charge is 2.45. The molecule has 1 aromatic rings. The number of carbonyl (C=O) groups is 2. The molecule has 2 aliphatic rings. The fourth-order valence-corrected chi connectivity index (χ4v) is 3.48. The van der Waals surface area contributed by atoms with Crippen molar-refractivity contribution < 1.29 is 14.3 Å². The Labute approximate surface area is 142 Å². The normalized spacial score (nSPS) is 23.9. The molecule has 0 bridgehead atoms. The topological polar surface area (TPSA) is 61.9 Å². The minimum atomic E-state index is -0.403. The molecule has 6 heteroatoms. The van der Waals surface area contributed by atoms with Crippen LogP contribution in [-0.2, 0) is 16.1 Å². The zero-order chi connectivity index (χ0) is 17.3. The second-order valence-corrected chi connectivity index (χ2v) is 6.98. The molecule has 3 amide bonds. The molecule has 0 saturated carbocycles. The van der Waals surface area contributed by atoms with Crippen LogP contribution in [0.1, 0.15) is 23.1 Å². The Morgan fingerprint density at radius 2 is 2.12 bits per heavy atom. The van der Waals surface area contributed by atoms with Crippen molar-refractivity contribution in [3.63, 3.8) is 0 Å². The third-order valence-electron chi connectivity index (χ3n) is 4.98. The molecule has 2 heterocycles. The molecule has 3 rings (SSSR count). The Kier molecular flexibility index (Phi) is 4.49. The van der Waals surface area contributed by atoms with Crippen molar-refractivity contribution in [3.05, 3.63) is 34.9 Å². The van der Waals surface area contributed by atoms with Gasteiger partial charge in [0.05, 0.1) is 13.1 Å². The lowest BCUT2D eigenvalue weighted by Gasteiger charge is -2.38. The van der Waals surface area contributed by atoms with Gasteiger partial charge in [0, 0.05) is 20.1 Å². The van der Waals surface area contributed by atoms with Crippen LogP contribution in [-0.4, -0.2) is 60.6 Å². The Bertz CT molecular complexity index is 661. The van der Waals surface area contributed by atoms with Crippen molar-refractivity contribution in [1.82, 2.24) is 15.1 Å². The van der Waals surface area contributed by atoms with E-state index in [0.29, 0.717) is 26.2 Å². The van der Waals surface area contributed by atoms with Crippen molar-refractivity contribution in [2.75, 3.05) is 33.3 Å². The molecule has 1 aromatic carbocycles. The number of rotatable bonds is 2. The Morgan fingerprint density at radius 3 is 2.83 bits per heavy atom. The van der Waals surface area contributed by atoms with Crippen LogP contribution in [0.2, 0.25) is 0 Å². The lowest BCUT2D eigenvalue weighted by atomic mass is 10.0. The highest BCUT2D eigenvalue weighted by molar-refractivity contribution is 5.78.